The number of benzene rings is 2. The number of nitrogens with one attached hydrogen (secondary N) is 2. The van der Waals surface area contributed by atoms with Crippen LogP contribution in [0.25, 0.3) is 0 Å². The first kappa shape index (κ1) is 32.8. The number of carbonyl (C=O) groups is 1. The van der Waals surface area contributed by atoms with Gasteiger partial charge in [-0.1, -0.05) is 37.9 Å². The van der Waals surface area contributed by atoms with Crippen molar-refractivity contribution in [2.75, 3.05) is 31.6 Å². The Hall–Kier alpha value is -2.13. The van der Waals surface area contributed by atoms with E-state index in [0.717, 1.165) is 68.1 Å². The van der Waals surface area contributed by atoms with Gasteiger partial charge in [0.15, 0.2) is 0 Å². The number of carbonyl (C=O) groups excluding carboxylic acids is 1. The van der Waals surface area contributed by atoms with Crippen LogP contribution in [0.1, 0.15) is 87.2 Å². The van der Waals surface area contributed by atoms with Gasteiger partial charge in [-0.25, -0.2) is 4.21 Å². The molecule has 0 saturated heterocycles. The summed E-state index contributed by atoms with van der Waals surface area (Å²) in [5.41, 5.74) is 3.82. The van der Waals surface area contributed by atoms with Gasteiger partial charge in [0.25, 0.3) is 5.91 Å². The zero-order valence-electron chi connectivity index (χ0n) is 25.7. The predicted molar refractivity (Wildman–Crippen MR) is 173 cm³/mol. The highest BCUT2D eigenvalue weighted by molar-refractivity contribution is 7.84. The fourth-order valence-corrected chi connectivity index (χ4v) is 7.02. The van der Waals surface area contributed by atoms with Gasteiger partial charge in [0.2, 0.25) is 0 Å². The SMILES string of the molecule is CCCc1cc(Cl)ccc1C1COc2ccc(C(=O)NS(=O)C(C)C)cc2N(CC2CCC2C(O)CC(CC)NC)C1. The fourth-order valence-electron chi connectivity index (χ4n) is 6.29. The van der Waals surface area contributed by atoms with Crippen molar-refractivity contribution in [3.63, 3.8) is 0 Å². The van der Waals surface area contributed by atoms with Gasteiger partial charge < -0.3 is 20.1 Å². The van der Waals surface area contributed by atoms with Crippen molar-refractivity contribution >= 4 is 34.2 Å². The number of rotatable bonds is 13. The number of nitrogens with zero attached hydrogens (tertiary/aromatic N) is 1. The molecule has 4 rings (SSSR count). The van der Waals surface area contributed by atoms with Crippen LogP contribution >= 0.6 is 11.6 Å². The Morgan fingerprint density at radius 3 is 2.62 bits per heavy atom. The molecule has 232 valence electrons. The molecule has 42 heavy (non-hydrogen) atoms. The van der Waals surface area contributed by atoms with Gasteiger partial charge in [0, 0.05) is 40.9 Å². The molecule has 1 heterocycles. The first-order valence-corrected chi connectivity index (χ1v) is 17.1. The fraction of sp³-hybridized carbons (Fsp3) is 0.606. The van der Waals surface area contributed by atoms with Crippen LogP contribution in [0.4, 0.5) is 5.69 Å². The Morgan fingerprint density at radius 2 is 1.98 bits per heavy atom. The summed E-state index contributed by atoms with van der Waals surface area (Å²) in [7, 11) is 0.500. The van der Waals surface area contributed by atoms with Crippen LogP contribution in [0, 0.1) is 11.8 Å². The summed E-state index contributed by atoms with van der Waals surface area (Å²) in [6.45, 7) is 9.96. The maximum absolute atomic E-state index is 13.0. The number of aliphatic hydroxyl groups is 1. The Labute approximate surface area is 259 Å². The highest BCUT2D eigenvalue weighted by atomic mass is 35.5. The number of hydrogen-bond acceptors (Lipinski definition) is 6. The molecule has 1 fully saturated rings. The van der Waals surface area contributed by atoms with E-state index in [0.29, 0.717) is 24.1 Å². The number of halogens is 1. The van der Waals surface area contributed by atoms with Crippen LogP contribution in [0.15, 0.2) is 36.4 Å². The van der Waals surface area contributed by atoms with Gasteiger partial charge in [-0.15, -0.1) is 0 Å². The number of aryl methyl sites for hydroxylation is 1. The topological polar surface area (TPSA) is 90.9 Å². The minimum atomic E-state index is -1.46. The summed E-state index contributed by atoms with van der Waals surface area (Å²) in [6.07, 6.45) is 5.43. The van der Waals surface area contributed by atoms with Gasteiger partial charge in [0.05, 0.1) is 18.4 Å². The molecule has 2 aliphatic rings. The zero-order valence-corrected chi connectivity index (χ0v) is 27.3. The van der Waals surface area contributed by atoms with Gasteiger partial charge in [0.1, 0.15) is 16.7 Å². The van der Waals surface area contributed by atoms with Crippen molar-refractivity contribution in [2.45, 2.75) is 89.5 Å². The smallest absolute Gasteiger partial charge is 0.263 e. The normalized spacial score (nSPS) is 22.4. The highest BCUT2D eigenvalue weighted by Gasteiger charge is 2.39. The Balaban J connectivity index is 1.64. The predicted octanol–water partition coefficient (Wildman–Crippen LogP) is 5.85. The number of anilines is 1. The molecule has 7 nitrogen and oxygen atoms in total. The Morgan fingerprint density at radius 1 is 1.19 bits per heavy atom. The van der Waals surface area contributed by atoms with E-state index in [1.165, 1.54) is 11.1 Å². The van der Waals surface area contributed by atoms with Crippen molar-refractivity contribution < 1.29 is 18.8 Å². The van der Waals surface area contributed by atoms with Crippen LogP contribution in [-0.4, -0.2) is 59.4 Å². The molecule has 6 unspecified atom stereocenters. The summed E-state index contributed by atoms with van der Waals surface area (Å²) in [6, 6.07) is 11.9. The first-order chi connectivity index (χ1) is 20.1. The molecular formula is C33H48ClN3O4S. The number of amides is 1. The average molecular weight is 618 g/mol. The molecule has 2 aromatic rings. The summed E-state index contributed by atoms with van der Waals surface area (Å²) < 4.78 is 21.4. The molecule has 1 aliphatic carbocycles. The lowest BCUT2D eigenvalue weighted by Gasteiger charge is -2.44. The van der Waals surface area contributed by atoms with E-state index in [4.69, 9.17) is 16.3 Å². The van der Waals surface area contributed by atoms with Crippen LogP contribution in [0.2, 0.25) is 5.02 Å². The van der Waals surface area contributed by atoms with Crippen molar-refractivity contribution in [3.05, 3.63) is 58.1 Å². The van der Waals surface area contributed by atoms with Crippen molar-refractivity contribution in [1.29, 1.82) is 0 Å². The van der Waals surface area contributed by atoms with Crippen LogP contribution < -0.4 is 19.7 Å². The molecular weight excluding hydrogens is 570 g/mol. The number of aliphatic hydroxyl groups excluding tert-OH is 1. The van der Waals surface area contributed by atoms with Gasteiger partial charge in [-0.2, -0.15) is 0 Å². The lowest BCUT2D eigenvalue weighted by atomic mass is 9.69. The van der Waals surface area contributed by atoms with Gasteiger partial charge >= 0.3 is 0 Å². The summed E-state index contributed by atoms with van der Waals surface area (Å²) in [5, 5.41) is 15.1. The molecule has 0 bridgehead atoms. The number of ether oxygens (including phenoxy) is 1. The second-order valence-electron chi connectivity index (χ2n) is 12.2. The Kier molecular flexibility index (Phi) is 11.7. The third kappa shape index (κ3) is 7.87. The van der Waals surface area contributed by atoms with E-state index in [-0.39, 0.29) is 29.1 Å². The van der Waals surface area contributed by atoms with Crippen LogP contribution in [-0.2, 0) is 17.4 Å². The van der Waals surface area contributed by atoms with Crippen molar-refractivity contribution in [1.82, 2.24) is 10.0 Å². The molecule has 0 aromatic heterocycles. The summed E-state index contributed by atoms with van der Waals surface area (Å²) in [4.78, 5) is 15.4. The van der Waals surface area contributed by atoms with E-state index in [1.54, 1.807) is 6.07 Å². The molecule has 3 N–H and O–H groups in total. The van der Waals surface area contributed by atoms with Crippen molar-refractivity contribution in [2.24, 2.45) is 11.8 Å². The van der Waals surface area contributed by atoms with E-state index in [2.05, 4.69) is 40.9 Å². The minimum absolute atomic E-state index is 0.110. The number of fused-ring (bicyclic) bond motifs is 1. The lowest BCUT2D eigenvalue weighted by Crippen LogP contribution is -2.46. The van der Waals surface area contributed by atoms with Crippen LogP contribution in [0.3, 0.4) is 0 Å². The second kappa shape index (κ2) is 15.0. The van der Waals surface area contributed by atoms with E-state index in [9.17, 15) is 14.1 Å². The van der Waals surface area contributed by atoms with Crippen molar-refractivity contribution in [3.8, 4) is 5.75 Å². The monoisotopic (exact) mass is 617 g/mol. The molecule has 0 radical (unpaired) electrons. The molecule has 0 spiro atoms. The second-order valence-corrected chi connectivity index (χ2v) is 14.3. The molecule has 1 amide bonds. The lowest BCUT2D eigenvalue weighted by molar-refractivity contribution is 0.00495. The molecule has 1 aliphatic heterocycles. The molecule has 1 saturated carbocycles. The van der Waals surface area contributed by atoms with E-state index in [1.807, 2.05) is 39.1 Å². The minimum Gasteiger partial charge on any atom is -0.491 e. The average Bonchev–Trinajstić information content (AvgIpc) is 3.13. The first-order valence-electron chi connectivity index (χ1n) is 15.5. The van der Waals surface area contributed by atoms with Crippen LogP contribution in [0.5, 0.6) is 5.75 Å². The molecule has 2 aromatic carbocycles. The highest BCUT2D eigenvalue weighted by Crippen LogP contribution is 2.43. The molecule has 9 heteroatoms. The Bertz CT molecular complexity index is 1240. The number of hydrogen-bond donors (Lipinski definition) is 3. The maximum atomic E-state index is 13.0. The van der Waals surface area contributed by atoms with Gasteiger partial charge in [-0.05, 0) is 106 Å². The zero-order chi connectivity index (χ0) is 30.4. The van der Waals surface area contributed by atoms with E-state index < -0.39 is 11.0 Å². The van der Waals surface area contributed by atoms with Gasteiger partial charge in [-0.3, -0.25) is 9.52 Å². The quantitative estimate of drug-likeness (QED) is 0.261. The third-order valence-electron chi connectivity index (χ3n) is 8.98. The summed E-state index contributed by atoms with van der Waals surface area (Å²) >= 11 is 6.40. The molecule has 6 atom stereocenters. The standard InChI is InChI=1S/C33H48ClN3O4S/c1-6-8-22-15-26(34)11-13-28(22)25-19-37(18-24-9-12-29(24)31(38)17-27(7-2)35-5)30-16-23(10-14-32(30)41-20-25)33(39)36-42(40)21(3)4/h10-11,13-16,21,24-25,27,29,31,35,38H,6-9,12,17-20H2,1-5H3,(H,36,39). The largest absolute Gasteiger partial charge is 0.491 e. The summed E-state index contributed by atoms with van der Waals surface area (Å²) in [5.74, 6) is 1.07. The third-order valence-corrected chi connectivity index (χ3v) is 10.5. The maximum Gasteiger partial charge on any atom is 0.263 e. The van der Waals surface area contributed by atoms with E-state index >= 15 is 0 Å².